The average Bonchev–Trinajstić information content (AvgIpc) is 2.77. The summed E-state index contributed by atoms with van der Waals surface area (Å²) in [4.78, 5) is 31.1. The van der Waals surface area contributed by atoms with Gasteiger partial charge in [-0.25, -0.2) is 9.78 Å². The van der Waals surface area contributed by atoms with Crippen molar-refractivity contribution in [3.8, 4) is 0 Å². The largest absolute Gasteiger partial charge is 0.333 e. The van der Waals surface area contributed by atoms with E-state index in [-0.39, 0.29) is 24.0 Å². The molecule has 22 heavy (non-hydrogen) atoms. The average molecular weight is 326 g/mol. The van der Waals surface area contributed by atoms with E-state index in [1.165, 1.54) is 11.3 Å². The molecule has 0 atom stereocenters. The fraction of sp³-hybridized carbons (Fsp3) is 0.667. The maximum atomic E-state index is 12.3. The van der Waals surface area contributed by atoms with Crippen LogP contribution in [0.4, 0.5) is 9.93 Å². The fourth-order valence-electron chi connectivity index (χ4n) is 1.75. The summed E-state index contributed by atoms with van der Waals surface area (Å²) in [7, 11) is 0. The predicted octanol–water partition coefficient (Wildman–Crippen LogP) is 3.00. The Morgan fingerprint density at radius 1 is 1.36 bits per heavy atom. The van der Waals surface area contributed by atoms with Gasteiger partial charge in [-0.15, -0.1) is 11.3 Å². The van der Waals surface area contributed by atoms with Gasteiger partial charge < -0.3 is 15.5 Å². The van der Waals surface area contributed by atoms with E-state index in [1.807, 2.05) is 27.7 Å². The molecule has 124 valence electrons. The molecule has 0 saturated heterocycles. The number of nitrogens with one attached hydrogen (secondary N) is 2. The molecule has 0 radical (unpaired) electrons. The minimum absolute atomic E-state index is 0.0283. The molecule has 0 spiro atoms. The number of urea groups is 1. The number of thiazole rings is 1. The highest BCUT2D eigenvalue weighted by atomic mass is 32.1. The van der Waals surface area contributed by atoms with Gasteiger partial charge in [-0.2, -0.15) is 0 Å². The number of carbonyl (C=O) groups excluding carboxylic acids is 2. The van der Waals surface area contributed by atoms with Crippen molar-refractivity contribution in [2.45, 2.75) is 53.0 Å². The molecule has 1 heterocycles. The number of carbonyl (C=O) groups is 2. The molecule has 0 aliphatic carbocycles. The van der Waals surface area contributed by atoms with Gasteiger partial charge >= 0.3 is 6.03 Å². The first-order chi connectivity index (χ1) is 10.2. The number of hydrogen-bond donors (Lipinski definition) is 2. The number of aryl methyl sites for hydroxylation is 1. The van der Waals surface area contributed by atoms with Crippen LogP contribution in [0.5, 0.6) is 0 Å². The Hall–Kier alpha value is -1.63. The molecule has 0 fully saturated rings. The highest BCUT2D eigenvalue weighted by Crippen LogP contribution is 2.16. The van der Waals surface area contributed by atoms with Crippen molar-refractivity contribution in [3.63, 3.8) is 0 Å². The highest BCUT2D eigenvalue weighted by molar-refractivity contribution is 7.15. The Morgan fingerprint density at radius 3 is 2.55 bits per heavy atom. The number of aromatic nitrogens is 1. The number of amides is 3. The van der Waals surface area contributed by atoms with E-state index in [9.17, 15) is 9.59 Å². The summed E-state index contributed by atoms with van der Waals surface area (Å²) in [5.74, 6) is -0.227. The smallest absolute Gasteiger partial charge is 0.318 e. The summed E-state index contributed by atoms with van der Waals surface area (Å²) >= 11 is 1.42. The molecule has 0 unspecified atom stereocenters. The van der Waals surface area contributed by atoms with Gasteiger partial charge in [0, 0.05) is 23.2 Å². The van der Waals surface area contributed by atoms with Gasteiger partial charge in [0.1, 0.15) is 6.54 Å². The maximum Gasteiger partial charge on any atom is 0.318 e. The van der Waals surface area contributed by atoms with Crippen LogP contribution in [-0.4, -0.2) is 40.5 Å². The van der Waals surface area contributed by atoms with Crippen LogP contribution in [0.2, 0.25) is 0 Å². The van der Waals surface area contributed by atoms with E-state index in [0.717, 1.165) is 17.7 Å². The van der Waals surface area contributed by atoms with Crippen molar-refractivity contribution in [3.05, 3.63) is 11.1 Å². The van der Waals surface area contributed by atoms with Crippen LogP contribution in [0.1, 0.15) is 45.4 Å². The number of rotatable bonds is 6. The van der Waals surface area contributed by atoms with Crippen molar-refractivity contribution in [2.24, 2.45) is 0 Å². The number of anilines is 1. The van der Waals surface area contributed by atoms with Gasteiger partial charge in [0.2, 0.25) is 5.91 Å². The monoisotopic (exact) mass is 326 g/mol. The topological polar surface area (TPSA) is 74.3 Å². The van der Waals surface area contributed by atoms with Crippen molar-refractivity contribution in [1.29, 1.82) is 0 Å². The zero-order valence-electron chi connectivity index (χ0n) is 14.0. The van der Waals surface area contributed by atoms with Crippen LogP contribution in [0, 0.1) is 6.92 Å². The molecule has 0 aliphatic rings. The molecule has 1 aromatic heterocycles. The van der Waals surface area contributed by atoms with E-state index in [1.54, 1.807) is 11.1 Å². The first-order valence-corrected chi connectivity index (χ1v) is 8.32. The molecular weight excluding hydrogens is 300 g/mol. The summed E-state index contributed by atoms with van der Waals surface area (Å²) < 4.78 is 0. The minimum Gasteiger partial charge on any atom is -0.333 e. The number of hydrogen-bond acceptors (Lipinski definition) is 4. The van der Waals surface area contributed by atoms with Gasteiger partial charge in [-0.3, -0.25) is 4.79 Å². The first kappa shape index (κ1) is 18.4. The van der Waals surface area contributed by atoms with Gasteiger partial charge in [0.25, 0.3) is 0 Å². The SMILES string of the molecule is CCCCN(CC(=O)Nc1ncc(C)s1)C(=O)NC(C)(C)C. The molecule has 2 N–H and O–H groups in total. The predicted molar refractivity (Wildman–Crippen MR) is 90.2 cm³/mol. The van der Waals surface area contributed by atoms with E-state index in [2.05, 4.69) is 22.5 Å². The standard InChI is InChI=1S/C15H26N4O2S/c1-6-7-8-19(14(21)18-15(3,4)5)10-12(20)17-13-16-9-11(2)22-13/h9H,6-8,10H2,1-5H3,(H,18,21)(H,16,17,20). The zero-order valence-corrected chi connectivity index (χ0v) is 14.8. The second-order valence-electron chi connectivity index (χ2n) is 6.28. The fourth-order valence-corrected chi connectivity index (χ4v) is 2.43. The van der Waals surface area contributed by atoms with Gasteiger partial charge in [-0.1, -0.05) is 13.3 Å². The number of nitrogens with zero attached hydrogens (tertiary/aromatic N) is 2. The van der Waals surface area contributed by atoms with Crippen LogP contribution in [-0.2, 0) is 4.79 Å². The van der Waals surface area contributed by atoms with Gasteiger partial charge in [0.15, 0.2) is 5.13 Å². The molecule has 0 aromatic carbocycles. The molecule has 7 heteroatoms. The van der Waals surface area contributed by atoms with Crippen LogP contribution in [0.25, 0.3) is 0 Å². The lowest BCUT2D eigenvalue weighted by Crippen LogP contribution is -2.50. The Morgan fingerprint density at radius 2 is 2.05 bits per heavy atom. The molecule has 1 aromatic rings. The van der Waals surface area contributed by atoms with Crippen LogP contribution >= 0.6 is 11.3 Å². The lowest BCUT2D eigenvalue weighted by Gasteiger charge is -2.28. The van der Waals surface area contributed by atoms with Crippen molar-refractivity contribution in [2.75, 3.05) is 18.4 Å². The third kappa shape index (κ3) is 6.89. The summed E-state index contributed by atoms with van der Waals surface area (Å²) in [5, 5.41) is 6.19. The van der Waals surface area contributed by atoms with Gasteiger partial charge in [0.05, 0.1) is 0 Å². The van der Waals surface area contributed by atoms with E-state index in [0.29, 0.717) is 11.7 Å². The summed E-state index contributed by atoms with van der Waals surface area (Å²) in [6.07, 6.45) is 3.54. The van der Waals surface area contributed by atoms with E-state index in [4.69, 9.17) is 0 Å². The molecule has 3 amide bonds. The minimum atomic E-state index is -0.329. The molecule has 0 aliphatic heterocycles. The van der Waals surface area contributed by atoms with Gasteiger partial charge in [-0.05, 0) is 34.1 Å². The first-order valence-electron chi connectivity index (χ1n) is 7.50. The Bertz CT molecular complexity index is 508. The molecule has 0 saturated carbocycles. The maximum absolute atomic E-state index is 12.3. The second-order valence-corrected chi connectivity index (χ2v) is 7.51. The number of unbranched alkanes of at least 4 members (excludes halogenated alkanes) is 1. The Kier molecular flexibility index (Phi) is 6.80. The molecule has 6 nitrogen and oxygen atoms in total. The lowest BCUT2D eigenvalue weighted by atomic mass is 10.1. The van der Waals surface area contributed by atoms with Crippen molar-refractivity contribution in [1.82, 2.24) is 15.2 Å². The molecule has 1 rings (SSSR count). The van der Waals surface area contributed by atoms with Crippen molar-refractivity contribution >= 4 is 28.4 Å². The quantitative estimate of drug-likeness (QED) is 0.844. The molecule has 0 bridgehead atoms. The second kappa shape index (κ2) is 8.12. The Balaban J connectivity index is 2.63. The highest BCUT2D eigenvalue weighted by Gasteiger charge is 2.21. The third-order valence-corrected chi connectivity index (χ3v) is 3.58. The molecular formula is C15H26N4O2S. The zero-order chi connectivity index (χ0) is 16.8. The van der Waals surface area contributed by atoms with Crippen molar-refractivity contribution < 1.29 is 9.59 Å². The summed E-state index contributed by atoms with van der Waals surface area (Å²) in [6, 6.07) is -0.216. The normalized spacial score (nSPS) is 11.1. The van der Waals surface area contributed by atoms with E-state index < -0.39 is 0 Å². The van der Waals surface area contributed by atoms with Crippen LogP contribution < -0.4 is 10.6 Å². The van der Waals surface area contributed by atoms with Crippen LogP contribution in [0.15, 0.2) is 6.20 Å². The van der Waals surface area contributed by atoms with Crippen LogP contribution in [0.3, 0.4) is 0 Å². The lowest BCUT2D eigenvalue weighted by molar-refractivity contribution is -0.116. The third-order valence-electron chi connectivity index (χ3n) is 2.75. The Labute approximate surface area is 136 Å². The summed E-state index contributed by atoms with van der Waals surface area (Å²) in [5.41, 5.74) is -0.329. The summed E-state index contributed by atoms with van der Waals surface area (Å²) in [6.45, 7) is 10.3. The van der Waals surface area contributed by atoms with E-state index >= 15 is 0 Å².